The lowest BCUT2D eigenvalue weighted by molar-refractivity contribution is 0.627. The number of halogens is 1. The molecule has 0 saturated heterocycles. The largest absolute Gasteiger partial charge is 0.398 e. The van der Waals surface area contributed by atoms with Gasteiger partial charge in [0.15, 0.2) is 5.16 Å². The summed E-state index contributed by atoms with van der Waals surface area (Å²) in [6.45, 7) is 2.03. The molecular formula is C14H16FN3OS. The number of thioether (sulfide) groups is 1. The molecule has 2 aromatic rings. The van der Waals surface area contributed by atoms with Gasteiger partial charge in [0.25, 0.3) is 5.56 Å². The Hall–Kier alpha value is -1.82. The Morgan fingerprint density at radius 3 is 2.95 bits per heavy atom. The van der Waals surface area contributed by atoms with Crippen LogP contribution < -0.4 is 11.3 Å². The number of hydrogen-bond donors (Lipinski definition) is 2. The molecule has 20 heavy (non-hydrogen) atoms. The first-order valence-electron chi connectivity index (χ1n) is 6.35. The summed E-state index contributed by atoms with van der Waals surface area (Å²) < 4.78 is 13.2. The van der Waals surface area contributed by atoms with E-state index in [4.69, 9.17) is 5.73 Å². The van der Waals surface area contributed by atoms with Crippen LogP contribution in [-0.2, 0) is 12.2 Å². The third-order valence-electron chi connectivity index (χ3n) is 2.75. The molecule has 0 aliphatic carbocycles. The monoisotopic (exact) mass is 293 g/mol. The Morgan fingerprint density at radius 2 is 2.20 bits per heavy atom. The van der Waals surface area contributed by atoms with E-state index < -0.39 is 0 Å². The van der Waals surface area contributed by atoms with Gasteiger partial charge in [0.2, 0.25) is 0 Å². The Morgan fingerprint density at radius 1 is 1.40 bits per heavy atom. The molecule has 0 spiro atoms. The van der Waals surface area contributed by atoms with Crippen LogP contribution in [0.1, 0.15) is 24.6 Å². The third-order valence-corrected chi connectivity index (χ3v) is 3.67. The second-order valence-electron chi connectivity index (χ2n) is 4.42. The van der Waals surface area contributed by atoms with Crippen LogP contribution in [0.25, 0.3) is 0 Å². The van der Waals surface area contributed by atoms with E-state index >= 15 is 0 Å². The van der Waals surface area contributed by atoms with Gasteiger partial charge in [0, 0.05) is 23.2 Å². The normalized spacial score (nSPS) is 10.7. The maximum absolute atomic E-state index is 13.2. The van der Waals surface area contributed by atoms with Gasteiger partial charge in [-0.3, -0.25) is 4.79 Å². The first-order chi connectivity index (χ1) is 9.58. The van der Waals surface area contributed by atoms with E-state index in [-0.39, 0.29) is 11.4 Å². The summed E-state index contributed by atoms with van der Waals surface area (Å²) >= 11 is 1.34. The van der Waals surface area contributed by atoms with Gasteiger partial charge in [-0.05, 0) is 30.2 Å². The van der Waals surface area contributed by atoms with Crippen molar-refractivity contribution in [1.29, 1.82) is 0 Å². The summed E-state index contributed by atoms with van der Waals surface area (Å²) in [7, 11) is 0. The highest BCUT2D eigenvalue weighted by Gasteiger charge is 2.05. The summed E-state index contributed by atoms with van der Waals surface area (Å²) in [5, 5.41) is 0.532. The van der Waals surface area contributed by atoms with Gasteiger partial charge in [0.05, 0.1) is 0 Å². The van der Waals surface area contributed by atoms with Crippen molar-refractivity contribution >= 4 is 17.4 Å². The van der Waals surface area contributed by atoms with Crippen molar-refractivity contribution in [2.45, 2.75) is 30.7 Å². The summed E-state index contributed by atoms with van der Waals surface area (Å²) in [5.41, 5.74) is 7.62. The highest BCUT2D eigenvalue weighted by Crippen LogP contribution is 2.23. The minimum atomic E-state index is -0.323. The van der Waals surface area contributed by atoms with Crippen molar-refractivity contribution in [2.24, 2.45) is 0 Å². The highest BCUT2D eigenvalue weighted by atomic mass is 32.2. The van der Waals surface area contributed by atoms with Gasteiger partial charge < -0.3 is 10.7 Å². The molecular weight excluding hydrogens is 277 g/mol. The number of aromatic amines is 1. The maximum atomic E-state index is 13.2. The van der Waals surface area contributed by atoms with Crippen molar-refractivity contribution in [3.8, 4) is 0 Å². The van der Waals surface area contributed by atoms with Crippen LogP contribution in [0.3, 0.4) is 0 Å². The van der Waals surface area contributed by atoms with Crippen molar-refractivity contribution in [1.82, 2.24) is 9.97 Å². The van der Waals surface area contributed by atoms with E-state index in [0.717, 1.165) is 18.5 Å². The summed E-state index contributed by atoms with van der Waals surface area (Å²) in [6, 6.07) is 5.76. The van der Waals surface area contributed by atoms with Gasteiger partial charge in [0.1, 0.15) is 5.82 Å². The zero-order chi connectivity index (χ0) is 14.5. The number of aryl methyl sites for hydroxylation is 1. The number of benzene rings is 1. The van der Waals surface area contributed by atoms with Crippen molar-refractivity contribution in [3.63, 3.8) is 0 Å². The van der Waals surface area contributed by atoms with Crippen LogP contribution in [0, 0.1) is 5.82 Å². The number of rotatable bonds is 5. The molecule has 0 fully saturated rings. The van der Waals surface area contributed by atoms with E-state index in [9.17, 15) is 9.18 Å². The molecule has 0 aliphatic heterocycles. The minimum absolute atomic E-state index is 0.168. The molecule has 1 heterocycles. The van der Waals surface area contributed by atoms with Crippen LogP contribution >= 0.6 is 11.8 Å². The van der Waals surface area contributed by atoms with Crippen LogP contribution in [0.15, 0.2) is 34.2 Å². The van der Waals surface area contributed by atoms with E-state index in [2.05, 4.69) is 9.97 Å². The number of aromatic nitrogens is 2. The average Bonchev–Trinajstić information content (AvgIpc) is 2.40. The molecule has 6 heteroatoms. The topological polar surface area (TPSA) is 71.8 Å². The van der Waals surface area contributed by atoms with Gasteiger partial charge >= 0.3 is 0 Å². The predicted octanol–water partition coefficient (Wildman–Crippen LogP) is 2.74. The predicted molar refractivity (Wildman–Crippen MR) is 79.2 cm³/mol. The standard InChI is InChI=1S/C14H16FN3OS/c1-2-3-11-7-13(19)18-14(17-11)20-8-9-6-10(15)4-5-12(9)16/h4-7H,2-3,8,16H2,1H3,(H,17,18,19). The fourth-order valence-corrected chi connectivity index (χ4v) is 2.68. The quantitative estimate of drug-likeness (QED) is 0.505. The first kappa shape index (κ1) is 14.6. The van der Waals surface area contributed by atoms with Crippen LogP contribution in [-0.4, -0.2) is 9.97 Å². The number of hydrogen-bond acceptors (Lipinski definition) is 4. The number of anilines is 1. The van der Waals surface area contributed by atoms with E-state index in [1.165, 1.54) is 36.0 Å². The second kappa shape index (κ2) is 6.56. The number of nitrogens with two attached hydrogens (primary N) is 1. The Bertz CT molecular complexity index is 657. The zero-order valence-electron chi connectivity index (χ0n) is 11.1. The molecule has 1 aromatic carbocycles. The molecule has 0 saturated carbocycles. The SMILES string of the molecule is CCCc1cc(=O)[nH]c(SCc2cc(F)ccc2N)n1. The summed E-state index contributed by atoms with van der Waals surface area (Å²) in [4.78, 5) is 18.6. The van der Waals surface area contributed by atoms with Crippen LogP contribution in [0.4, 0.5) is 10.1 Å². The smallest absolute Gasteiger partial charge is 0.251 e. The van der Waals surface area contributed by atoms with E-state index in [1.54, 1.807) is 0 Å². The molecule has 3 N–H and O–H groups in total. The first-order valence-corrected chi connectivity index (χ1v) is 7.34. The molecule has 1 aromatic heterocycles. The van der Waals surface area contributed by atoms with Crippen molar-refractivity contribution in [3.05, 3.63) is 51.7 Å². The van der Waals surface area contributed by atoms with Crippen molar-refractivity contribution in [2.75, 3.05) is 5.73 Å². The van der Waals surface area contributed by atoms with Crippen molar-refractivity contribution < 1.29 is 4.39 Å². The molecule has 0 radical (unpaired) electrons. The zero-order valence-corrected chi connectivity index (χ0v) is 12.0. The van der Waals surface area contributed by atoms with E-state index in [1.807, 2.05) is 6.92 Å². The Balaban J connectivity index is 2.14. The molecule has 0 aliphatic rings. The molecule has 0 atom stereocenters. The number of H-pyrrole nitrogens is 1. The van der Waals surface area contributed by atoms with Gasteiger partial charge in [-0.2, -0.15) is 0 Å². The van der Waals surface area contributed by atoms with Gasteiger partial charge in [-0.15, -0.1) is 0 Å². The molecule has 0 bridgehead atoms. The molecule has 106 valence electrons. The Kier molecular flexibility index (Phi) is 4.79. The van der Waals surface area contributed by atoms with Crippen LogP contribution in [0.2, 0.25) is 0 Å². The third kappa shape index (κ3) is 3.84. The second-order valence-corrected chi connectivity index (χ2v) is 5.39. The molecule has 0 unspecified atom stereocenters. The lowest BCUT2D eigenvalue weighted by Gasteiger charge is -2.06. The van der Waals surface area contributed by atoms with Gasteiger partial charge in [-0.25, -0.2) is 9.37 Å². The summed E-state index contributed by atoms with van der Waals surface area (Å²) in [5.74, 6) is 0.137. The minimum Gasteiger partial charge on any atom is -0.398 e. The Labute approximate surface area is 120 Å². The van der Waals surface area contributed by atoms with E-state index in [0.29, 0.717) is 22.2 Å². The fraction of sp³-hybridized carbons (Fsp3) is 0.286. The summed E-state index contributed by atoms with van der Waals surface area (Å²) in [6.07, 6.45) is 1.69. The molecule has 4 nitrogen and oxygen atoms in total. The number of nitrogens with one attached hydrogen (secondary N) is 1. The lowest BCUT2D eigenvalue weighted by Crippen LogP contribution is -2.10. The highest BCUT2D eigenvalue weighted by molar-refractivity contribution is 7.98. The number of nitrogens with zero attached hydrogens (tertiary/aromatic N) is 1. The maximum Gasteiger partial charge on any atom is 0.251 e. The fourth-order valence-electron chi connectivity index (χ4n) is 1.78. The average molecular weight is 293 g/mol. The van der Waals surface area contributed by atoms with Crippen LogP contribution in [0.5, 0.6) is 0 Å². The molecule has 2 rings (SSSR count). The lowest BCUT2D eigenvalue weighted by atomic mass is 10.2. The van der Waals surface area contributed by atoms with Gasteiger partial charge in [-0.1, -0.05) is 25.1 Å². The molecule has 0 amide bonds. The number of nitrogen functional groups attached to an aromatic ring is 1.